The van der Waals surface area contributed by atoms with E-state index in [2.05, 4.69) is 41.1 Å². The Morgan fingerprint density at radius 3 is 2.48 bits per heavy atom. The second kappa shape index (κ2) is 9.52. The Kier molecular flexibility index (Phi) is 7.07. The minimum atomic E-state index is -0.231. The summed E-state index contributed by atoms with van der Waals surface area (Å²) in [6.45, 7) is 5.43. The maximum absolute atomic E-state index is 11.8. The van der Waals surface area contributed by atoms with Gasteiger partial charge in [-0.2, -0.15) is 0 Å². The average Bonchev–Trinajstić information content (AvgIpc) is 3.00. The van der Waals surface area contributed by atoms with Crippen LogP contribution in [0.4, 0.5) is 4.79 Å². The van der Waals surface area contributed by atoms with Crippen molar-refractivity contribution >= 4 is 11.9 Å². The zero-order valence-corrected chi connectivity index (χ0v) is 14.7. The van der Waals surface area contributed by atoms with Gasteiger partial charge in [0.2, 0.25) is 0 Å². The van der Waals surface area contributed by atoms with Crippen molar-refractivity contribution in [3.63, 3.8) is 0 Å². The van der Waals surface area contributed by atoms with Gasteiger partial charge in [-0.15, -0.1) is 0 Å². The molecule has 134 valence electrons. The molecule has 0 saturated heterocycles. The maximum atomic E-state index is 11.8. The maximum Gasteiger partial charge on any atom is 0.314 e. The van der Waals surface area contributed by atoms with Crippen LogP contribution in [-0.2, 0) is 6.42 Å². The standard InChI is InChI=1S/C19H25N3O3/c1-14-5-3-6-16(13-14)7-11-22-19(24)21-10-4-9-20-18(23)17-15(2)8-12-25-17/h3,5-6,8,12-13H,4,7,9-11H2,1-2H3,(H,20,23)(H2,21,22,24). The smallest absolute Gasteiger partial charge is 0.314 e. The molecule has 0 radical (unpaired) electrons. The fourth-order valence-electron chi connectivity index (χ4n) is 2.43. The first kappa shape index (κ1) is 18.6. The van der Waals surface area contributed by atoms with Crippen LogP contribution in [-0.4, -0.2) is 31.6 Å². The number of amides is 3. The third-order valence-electron chi connectivity index (χ3n) is 3.77. The molecule has 0 aliphatic carbocycles. The van der Waals surface area contributed by atoms with E-state index in [9.17, 15) is 9.59 Å². The molecule has 0 aliphatic rings. The average molecular weight is 343 g/mol. The summed E-state index contributed by atoms with van der Waals surface area (Å²) in [4.78, 5) is 23.5. The molecule has 3 N–H and O–H groups in total. The van der Waals surface area contributed by atoms with Gasteiger partial charge in [0.05, 0.1) is 6.26 Å². The van der Waals surface area contributed by atoms with Gasteiger partial charge in [-0.25, -0.2) is 4.79 Å². The van der Waals surface area contributed by atoms with E-state index < -0.39 is 0 Å². The van der Waals surface area contributed by atoms with E-state index in [0.717, 1.165) is 12.0 Å². The predicted octanol–water partition coefficient (Wildman–Crippen LogP) is 2.56. The largest absolute Gasteiger partial charge is 0.459 e. The van der Waals surface area contributed by atoms with Gasteiger partial charge in [0.1, 0.15) is 0 Å². The number of urea groups is 1. The van der Waals surface area contributed by atoms with Gasteiger partial charge in [-0.3, -0.25) is 4.79 Å². The minimum absolute atomic E-state index is 0.194. The molecule has 1 aromatic carbocycles. The Labute approximate surface area is 148 Å². The summed E-state index contributed by atoms with van der Waals surface area (Å²) in [5.41, 5.74) is 3.23. The molecular formula is C19H25N3O3. The molecule has 0 atom stereocenters. The van der Waals surface area contributed by atoms with E-state index in [0.29, 0.717) is 31.8 Å². The number of hydrogen-bond acceptors (Lipinski definition) is 3. The normalized spacial score (nSPS) is 10.3. The summed E-state index contributed by atoms with van der Waals surface area (Å²) >= 11 is 0. The van der Waals surface area contributed by atoms with Crippen LogP contribution in [0.25, 0.3) is 0 Å². The molecule has 1 aromatic heterocycles. The highest BCUT2D eigenvalue weighted by atomic mass is 16.3. The van der Waals surface area contributed by atoms with Gasteiger partial charge in [0.25, 0.3) is 5.91 Å². The zero-order valence-electron chi connectivity index (χ0n) is 14.7. The molecule has 2 aromatic rings. The molecule has 6 nitrogen and oxygen atoms in total. The van der Waals surface area contributed by atoms with Crippen LogP contribution >= 0.6 is 0 Å². The number of carbonyl (C=O) groups is 2. The number of rotatable bonds is 8. The van der Waals surface area contributed by atoms with Gasteiger partial charge in [-0.1, -0.05) is 29.8 Å². The summed E-state index contributed by atoms with van der Waals surface area (Å²) < 4.78 is 5.12. The molecular weight excluding hydrogens is 318 g/mol. The molecule has 1 heterocycles. The van der Waals surface area contributed by atoms with E-state index >= 15 is 0 Å². The van der Waals surface area contributed by atoms with Crippen LogP contribution < -0.4 is 16.0 Å². The molecule has 0 saturated carbocycles. The molecule has 25 heavy (non-hydrogen) atoms. The van der Waals surface area contributed by atoms with E-state index in [1.807, 2.05) is 13.0 Å². The van der Waals surface area contributed by atoms with E-state index in [1.165, 1.54) is 17.4 Å². The zero-order chi connectivity index (χ0) is 18.1. The van der Waals surface area contributed by atoms with Crippen LogP contribution in [0.2, 0.25) is 0 Å². The number of carbonyl (C=O) groups excluding carboxylic acids is 2. The quantitative estimate of drug-likeness (QED) is 0.644. The van der Waals surface area contributed by atoms with E-state index in [4.69, 9.17) is 4.42 Å². The second-order valence-electron chi connectivity index (χ2n) is 5.96. The predicted molar refractivity (Wildman–Crippen MR) is 96.7 cm³/mol. The highest BCUT2D eigenvalue weighted by Crippen LogP contribution is 2.07. The van der Waals surface area contributed by atoms with E-state index in [1.54, 1.807) is 6.07 Å². The molecule has 2 rings (SSSR count). The minimum Gasteiger partial charge on any atom is -0.459 e. The van der Waals surface area contributed by atoms with Gasteiger partial charge in [0.15, 0.2) is 5.76 Å². The number of hydrogen-bond donors (Lipinski definition) is 3. The highest BCUT2D eigenvalue weighted by molar-refractivity contribution is 5.92. The van der Waals surface area contributed by atoms with Crippen LogP contribution in [0.15, 0.2) is 41.0 Å². The van der Waals surface area contributed by atoms with Crippen LogP contribution in [0.3, 0.4) is 0 Å². The van der Waals surface area contributed by atoms with Crippen molar-refractivity contribution in [1.29, 1.82) is 0 Å². The topological polar surface area (TPSA) is 83.4 Å². The molecule has 0 unspecified atom stereocenters. The van der Waals surface area contributed by atoms with Gasteiger partial charge >= 0.3 is 6.03 Å². The van der Waals surface area contributed by atoms with Crippen molar-refractivity contribution in [2.75, 3.05) is 19.6 Å². The molecule has 0 spiro atoms. The lowest BCUT2D eigenvalue weighted by atomic mass is 10.1. The first-order chi connectivity index (χ1) is 12.1. The molecule has 0 bridgehead atoms. The van der Waals surface area contributed by atoms with Crippen LogP contribution in [0, 0.1) is 13.8 Å². The van der Waals surface area contributed by atoms with Gasteiger partial charge in [-0.05, 0) is 38.3 Å². The van der Waals surface area contributed by atoms with Gasteiger partial charge < -0.3 is 20.4 Å². The van der Waals surface area contributed by atoms with Crippen LogP contribution in [0.1, 0.15) is 33.7 Å². The van der Waals surface area contributed by atoms with Crippen molar-refractivity contribution in [1.82, 2.24) is 16.0 Å². The lowest BCUT2D eigenvalue weighted by Gasteiger charge is -2.08. The third-order valence-corrected chi connectivity index (χ3v) is 3.77. The Morgan fingerprint density at radius 2 is 1.76 bits per heavy atom. The van der Waals surface area contributed by atoms with Crippen molar-refractivity contribution in [3.8, 4) is 0 Å². The lowest BCUT2D eigenvalue weighted by Crippen LogP contribution is -2.38. The number of benzene rings is 1. The third kappa shape index (κ3) is 6.33. The highest BCUT2D eigenvalue weighted by Gasteiger charge is 2.11. The summed E-state index contributed by atoms with van der Waals surface area (Å²) in [5.74, 6) is 0.104. The summed E-state index contributed by atoms with van der Waals surface area (Å²) in [5, 5.41) is 8.37. The molecule has 6 heteroatoms. The Bertz CT molecular complexity index is 709. The molecule has 0 fully saturated rings. The van der Waals surface area contributed by atoms with Crippen molar-refractivity contribution in [2.45, 2.75) is 26.7 Å². The van der Waals surface area contributed by atoms with Crippen molar-refractivity contribution in [2.24, 2.45) is 0 Å². The number of nitrogens with one attached hydrogen (secondary N) is 3. The summed E-state index contributed by atoms with van der Waals surface area (Å²) in [6.07, 6.45) is 2.94. The second-order valence-corrected chi connectivity index (χ2v) is 5.96. The summed E-state index contributed by atoms with van der Waals surface area (Å²) in [6, 6.07) is 9.79. The molecule has 3 amide bonds. The van der Waals surface area contributed by atoms with Crippen molar-refractivity contribution in [3.05, 3.63) is 59.0 Å². The van der Waals surface area contributed by atoms with Crippen molar-refractivity contribution < 1.29 is 14.0 Å². The Hall–Kier alpha value is -2.76. The first-order valence-electron chi connectivity index (χ1n) is 8.46. The lowest BCUT2D eigenvalue weighted by molar-refractivity contribution is 0.0925. The SMILES string of the molecule is Cc1cccc(CCNC(=O)NCCCNC(=O)c2occc2C)c1. The van der Waals surface area contributed by atoms with Gasteiger partial charge in [0, 0.05) is 25.2 Å². The number of furan rings is 1. The summed E-state index contributed by atoms with van der Waals surface area (Å²) in [7, 11) is 0. The Balaban J connectivity index is 1.53. The first-order valence-corrected chi connectivity index (χ1v) is 8.46. The van der Waals surface area contributed by atoms with E-state index in [-0.39, 0.29) is 11.9 Å². The number of aryl methyl sites for hydroxylation is 2. The Morgan fingerprint density at radius 1 is 1.00 bits per heavy atom. The fraction of sp³-hybridized carbons (Fsp3) is 0.368. The fourth-order valence-corrected chi connectivity index (χ4v) is 2.43. The molecule has 0 aliphatic heterocycles. The van der Waals surface area contributed by atoms with Crippen LogP contribution in [0.5, 0.6) is 0 Å². The monoisotopic (exact) mass is 343 g/mol.